The average molecular weight is 240 g/mol. The molecule has 0 heterocycles. The maximum atomic E-state index is 10.9. The van der Waals surface area contributed by atoms with Crippen molar-refractivity contribution < 1.29 is 8.42 Å². The summed E-state index contributed by atoms with van der Waals surface area (Å²) >= 11 is 1.81. The van der Waals surface area contributed by atoms with Crippen molar-refractivity contribution in [3.8, 4) is 0 Å². The summed E-state index contributed by atoms with van der Waals surface area (Å²) in [6.45, 7) is 2.09. The van der Waals surface area contributed by atoms with Crippen LogP contribution in [0.5, 0.6) is 0 Å². The molecule has 0 aliphatic heterocycles. The van der Waals surface area contributed by atoms with Gasteiger partial charge in [0, 0.05) is 23.8 Å². The fourth-order valence-corrected chi connectivity index (χ4v) is 2.54. The van der Waals surface area contributed by atoms with Crippen LogP contribution >= 0.6 is 11.8 Å². The van der Waals surface area contributed by atoms with Crippen molar-refractivity contribution in [3.63, 3.8) is 0 Å². The Labute approximate surface area is 90.9 Å². The minimum absolute atomic E-state index is 0.224. The van der Waals surface area contributed by atoms with Crippen LogP contribution in [0.2, 0.25) is 0 Å². The van der Waals surface area contributed by atoms with Crippen LogP contribution in [-0.2, 0) is 9.84 Å². The maximum Gasteiger partial charge on any atom is 0.147 e. The summed E-state index contributed by atoms with van der Waals surface area (Å²) in [6, 6.07) is 0.224. The van der Waals surface area contributed by atoms with Gasteiger partial charge in [-0.05, 0) is 18.6 Å². The second-order valence-corrected chi connectivity index (χ2v) is 6.87. The third-order valence-electron chi connectivity index (χ3n) is 1.83. The molecule has 0 aromatic rings. The third-order valence-corrected chi connectivity index (χ3v) is 3.90. The molecular formula is C8H20N2O2S2. The first kappa shape index (κ1) is 14.2. The van der Waals surface area contributed by atoms with E-state index < -0.39 is 9.84 Å². The van der Waals surface area contributed by atoms with Gasteiger partial charge in [0.1, 0.15) is 9.84 Å². The normalized spacial score (nSPS) is 14.2. The molecule has 1 atom stereocenters. The second-order valence-electron chi connectivity index (χ2n) is 3.30. The Hall–Kier alpha value is 0.220. The van der Waals surface area contributed by atoms with Crippen molar-refractivity contribution in [2.75, 3.05) is 23.5 Å². The van der Waals surface area contributed by atoms with Crippen molar-refractivity contribution in [2.45, 2.75) is 25.8 Å². The van der Waals surface area contributed by atoms with Crippen LogP contribution in [-0.4, -0.2) is 38.0 Å². The van der Waals surface area contributed by atoms with Gasteiger partial charge in [-0.15, -0.1) is 0 Å². The highest BCUT2D eigenvalue weighted by atomic mass is 32.2. The topological polar surface area (TPSA) is 72.2 Å². The predicted octanol–water partition coefficient (Wildman–Crippen LogP) is 0.396. The number of nitrogens with one attached hydrogen (secondary N) is 1. The van der Waals surface area contributed by atoms with Crippen LogP contribution < -0.4 is 11.3 Å². The second kappa shape index (κ2) is 7.50. The Kier molecular flexibility index (Phi) is 7.62. The molecule has 1 unspecified atom stereocenters. The lowest BCUT2D eigenvalue weighted by molar-refractivity contribution is 0.528. The van der Waals surface area contributed by atoms with Crippen molar-refractivity contribution in [1.29, 1.82) is 0 Å². The van der Waals surface area contributed by atoms with Crippen LogP contribution in [0.3, 0.4) is 0 Å². The van der Waals surface area contributed by atoms with E-state index in [0.29, 0.717) is 6.42 Å². The van der Waals surface area contributed by atoms with E-state index in [1.807, 2.05) is 0 Å². The first-order chi connectivity index (χ1) is 6.49. The summed E-state index contributed by atoms with van der Waals surface area (Å²) in [5, 5.41) is 0. The lowest BCUT2D eigenvalue weighted by atomic mass is 10.2. The van der Waals surface area contributed by atoms with E-state index in [2.05, 4.69) is 12.3 Å². The molecule has 0 aromatic carbocycles. The van der Waals surface area contributed by atoms with E-state index in [1.165, 1.54) is 6.26 Å². The molecule has 86 valence electrons. The molecule has 3 N–H and O–H groups in total. The molecule has 0 fully saturated rings. The van der Waals surface area contributed by atoms with Gasteiger partial charge in [-0.2, -0.15) is 11.8 Å². The molecule has 14 heavy (non-hydrogen) atoms. The highest BCUT2D eigenvalue weighted by Gasteiger charge is 2.08. The van der Waals surface area contributed by atoms with Crippen molar-refractivity contribution in [1.82, 2.24) is 5.43 Å². The summed E-state index contributed by atoms with van der Waals surface area (Å²) in [7, 11) is -2.82. The number of rotatable bonds is 8. The molecule has 0 aromatic heterocycles. The predicted molar refractivity (Wildman–Crippen MR) is 63.1 cm³/mol. The standard InChI is InChI=1S/C8H20N2O2S2/c1-3-13-7-8(10-9)5-4-6-14(2,11)12/h8,10H,3-7,9H2,1-2H3. The minimum Gasteiger partial charge on any atom is -0.271 e. The van der Waals surface area contributed by atoms with Gasteiger partial charge in [-0.3, -0.25) is 11.3 Å². The molecule has 0 aliphatic carbocycles. The van der Waals surface area contributed by atoms with Gasteiger partial charge in [-0.1, -0.05) is 6.92 Å². The Bertz CT molecular complexity index is 229. The molecule has 6 heteroatoms. The van der Waals surface area contributed by atoms with Crippen molar-refractivity contribution in [2.24, 2.45) is 5.84 Å². The SMILES string of the molecule is CCSCC(CCCS(C)(=O)=O)NN. The number of hydrogen-bond donors (Lipinski definition) is 2. The van der Waals surface area contributed by atoms with Crippen molar-refractivity contribution in [3.05, 3.63) is 0 Å². The van der Waals surface area contributed by atoms with Crippen molar-refractivity contribution >= 4 is 21.6 Å². The first-order valence-corrected chi connectivity index (χ1v) is 7.92. The monoisotopic (exact) mass is 240 g/mol. The lowest BCUT2D eigenvalue weighted by Crippen LogP contribution is -2.37. The maximum absolute atomic E-state index is 10.9. The highest BCUT2D eigenvalue weighted by molar-refractivity contribution is 7.99. The Balaban J connectivity index is 3.62. The molecule has 0 bridgehead atoms. The molecule has 0 saturated heterocycles. The lowest BCUT2D eigenvalue weighted by Gasteiger charge is -2.14. The summed E-state index contributed by atoms with van der Waals surface area (Å²) in [5.74, 6) is 7.60. The fraction of sp³-hybridized carbons (Fsp3) is 1.00. The number of nitrogens with two attached hydrogens (primary N) is 1. The Morgan fingerprint density at radius 1 is 1.50 bits per heavy atom. The van der Waals surface area contributed by atoms with Crippen LogP contribution in [0.25, 0.3) is 0 Å². The molecule has 0 spiro atoms. The number of sulfone groups is 1. The number of thioether (sulfide) groups is 1. The zero-order valence-corrected chi connectivity index (χ0v) is 10.5. The van der Waals surface area contributed by atoms with Gasteiger partial charge in [0.25, 0.3) is 0 Å². The van der Waals surface area contributed by atoms with Crippen LogP contribution in [0, 0.1) is 0 Å². The molecule has 0 rings (SSSR count). The Morgan fingerprint density at radius 2 is 2.14 bits per heavy atom. The number of hydrogen-bond acceptors (Lipinski definition) is 5. The molecule has 0 aliphatic rings. The summed E-state index contributed by atoms with van der Waals surface area (Å²) in [4.78, 5) is 0. The molecular weight excluding hydrogens is 220 g/mol. The van der Waals surface area contributed by atoms with Crippen LogP contribution in [0.1, 0.15) is 19.8 Å². The summed E-state index contributed by atoms with van der Waals surface area (Å²) in [6.07, 6.45) is 2.76. The largest absolute Gasteiger partial charge is 0.271 e. The van der Waals surface area contributed by atoms with E-state index in [0.717, 1.165) is 17.9 Å². The van der Waals surface area contributed by atoms with E-state index in [4.69, 9.17) is 5.84 Å². The van der Waals surface area contributed by atoms with Gasteiger partial charge in [-0.25, -0.2) is 8.42 Å². The van der Waals surface area contributed by atoms with E-state index in [9.17, 15) is 8.42 Å². The molecule has 0 radical (unpaired) electrons. The highest BCUT2D eigenvalue weighted by Crippen LogP contribution is 2.07. The smallest absolute Gasteiger partial charge is 0.147 e. The average Bonchev–Trinajstić information content (AvgIpc) is 2.09. The number of hydrazine groups is 1. The fourth-order valence-electron chi connectivity index (χ4n) is 1.07. The van der Waals surface area contributed by atoms with Crippen LogP contribution in [0.15, 0.2) is 0 Å². The molecule has 0 saturated carbocycles. The summed E-state index contributed by atoms with van der Waals surface area (Å²) < 4.78 is 21.7. The Morgan fingerprint density at radius 3 is 2.57 bits per heavy atom. The molecule has 4 nitrogen and oxygen atoms in total. The quantitative estimate of drug-likeness (QED) is 0.474. The van der Waals surface area contributed by atoms with E-state index >= 15 is 0 Å². The van der Waals surface area contributed by atoms with Crippen LogP contribution in [0.4, 0.5) is 0 Å². The van der Waals surface area contributed by atoms with Gasteiger partial charge in [0.15, 0.2) is 0 Å². The third kappa shape index (κ3) is 8.80. The van der Waals surface area contributed by atoms with E-state index in [1.54, 1.807) is 11.8 Å². The van der Waals surface area contributed by atoms with Gasteiger partial charge >= 0.3 is 0 Å². The minimum atomic E-state index is -2.82. The van der Waals surface area contributed by atoms with E-state index in [-0.39, 0.29) is 11.8 Å². The molecule has 0 amide bonds. The zero-order chi connectivity index (χ0) is 11.0. The van der Waals surface area contributed by atoms with Gasteiger partial charge in [0.2, 0.25) is 0 Å². The first-order valence-electron chi connectivity index (χ1n) is 4.71. The zero-order valence-electron chi connectivity index (χ0n) is 8.82. The van der Waals surface area contributed by atoms with Gasteiger partial charge in [0.05, 0.1) is 0 Å². The van der Waals surface area contributed by atoms with Gasteiger partial charge < -0.3 is 0 Å². The summed E-state index contributed by atoms with van der Waals surface area (Å²) in [5.41, 5.74) is 2.71.